The van der Waals surface area contributed by atoms with Crippen molar-refractivity contribution in [2.75, 3.05) is 0 Å². The van der Waals surface area contributed by atoms with Gasteiger partial charge in [-0.15, -0.1) is 0 Å². The van der Waals surface area contributed by atoms with Gasteiger partial charge in [0.25, 0.3) is 10.2 Å². The second-order valence-corrected chi connectivity index (χ2v) is 5.79. The van der Waals surface area contributed by atoms with Crippen LogP contribution < -0.4 is 14.6 Å². The fraction of sp³-hybridized carbons (Fsp3) is 0.417. The summed E-state index contributed by atoms with van der Waals surface area (Å²) in [4.78, 5) is 0. The molecule has 0 amide bonds. The Kier molecular flexibility index (Phi) is 4.04. The highest BCUT2D eigenvalue weighted by Crippen LogP contribution is 2.27. The largest absolute Gasteiger partial charge is 0.487 e. The standard InChI is InChI=1S/C12H15N3O3S/c13-8-9-4-1-2-6-11(9)18-12-7-3-5-10(12)15-19(14,16)17/h1-2,4,6,10,12,15H,3,5,7H2,(H2,14,16,17). The predicted molar refractivity (Wildman–Crippen MR) is 69.5 cm³/mol. The van der Waals surface area contributed by atoms with Crippen LogP contribution in [0.3, 0.4) is 0 Å². The molecule has 7 heteroatoms. The highest BCUT2D eigenvalue weighted by atomic mass is 32.2. The number of hydrogen-bond donors (Lipinski definition) is 2. The molecule has 1 fully saturated rings. The molecule has 2 unspecified atom stereocenters. The summed E-state index contributed by atoms with van der Waals surface area (Å²) in [7, 11) is -3.74. The van der Waals surface area contributed by atoms with Gasteiger partial charge in [-0.05, 0) is 31.4 Å². The number of nitrogens with one attached hydrogen (secondary N) is 1. The average Bonchev–Trinajstić information content (AvgIpc) is 2.75. The van der Waals surface area contributed by atoms with Gasteiger partial charge in [-0.2, -0.15) is 18.4 Å². The molecular formula is C12H15N3O3S. The van der Waals surface area contributed by atoms with Crippen molar-refractivity contribution in [3.05, 3.63) is 29.8 Å². The van der Waals surface area contributed by atoms with Gasteiger partial charge >= 0.3 is 0 Å². The molecule has 2 atom stereocenters. The lowest BCUT2D eigenvalue weighted by Crippen LogP contribution is -2.45. The highest BCUT2D eigenvalue weighted by Gasteiger charge is 2.31. The zero-order valence-electron chi connectivity index (χ0n) is 10.2. The summed E-state index contributed by atoms with van der Waals surface area (Å²) in [5.41, 5.74) is 0.434. The first-order valence-corrected chi connectivity index (χ1v) is 7.50. The van der Waals surface area contributed by atoms with Crippen LogP contribution in [-0.4, -0.2) is 20.6 Å². The third-order valence-corrected chi connectivity index (χ3v) is 3.69. The Balaban J connectivity index is 2.12. The van der Waals surface area contributed by atoms with Gasteiger partial charge in [0.05, 0.1) is 11.6 Å². The Morgan fingerprint density at radius 3 is 2.79 bits per heavy atom. The molecule has 0 aliphatic heterocycles. The molecule has 0 spiro atoms. The zero-order valence-corrected chi connectivity index (χ0v) is 11.1. The maximum atomic E-state index is 11.1. The predicted octanol–water partition coefficient (Wildman–Crippen LogP) is 0.651. The molecule has 0 heterocycles. The van der Waals surface area contributed by atoms with E-state index in [-0.39, 0.29) is 12.1 Å². The van der Waals surface area contributed by atoms with Crippen molar-refractivity contribution in [2.24, 2.45) is 5.14 Å². The van der Waals surface area contributed by atoms with E-state index in [0.29, 0.717) is 17.7 Å². The van der Waals surface area contributed by atoms with Crippen LogP contribution in [0.2, 0.25) is 0 Å². The minimum Gasteiger partial charge on any atom is -0.487 e. The first-order chi connectivity index (χ1) is 8.99. The summed E-state index contributed by atoms with van der Waals surface area (Å²) < 4.78 is 30.3. The maximum Gasteiger partial charge on any atom is 0.274 e. The van der Waals surface area contributed by atoms with E-state index in [4.69, 9.17) is 15.1 Å². The minimum atomic E-state index is -3.74. The van der Waals surface area contributed by atoms with Crippen molar-refractivity contribution in [3.63, 3.8) is 0 Å². The molecule has 1 aliphatic carbocycles. The molecule has 3 N–H and O–H groups in total. The summed E-state index contributed by atoms with van der Waals surface area (Å²) >= 11 is 0. The van der Waals surface area contributed by atoms with Crippen molar-refractivity contribution >= 4 is 10.2 Å². The number of nitrogens with two attached hydrogens (primary N) is 1. The fourth-order valence-electron chi connectivity index (χ4n) is 2.24. The summed E-state index contributed by atoms with van der Waals surface area (Å²) in [5.74, 6) is 0.470. The normalized spacial score (nSPS) is 22.9. The van der Waals surface area contributed by atoms with Gasteiger partial charge in [0.15, 0.2) is 0 Å². The molecule has 19 heavy (non-hydrogen) atoms. The molecule has 1 aliphatic rings. The van der Waals surface area contributed by atoms with Crippen molar-refractivity contribution in [1.29, 1.82) is 5.26 Å². The van der Waals surface area contributed by atoms with Gasteiger partial charge in [0.1, 0.15) is 17.9 Å². The van der Waals surface area contributed by atoms with Crippen LogP contribution in [0.25, 0.3) is 0 Å². The van der Waals surface area contributed by atoms with Crippen molar-refractivity contribution in [1.82, 2.24) is 4.72 Å². The number of ether oxygens (including phenoxy) is 1. The van der Waals surface area contributed by atoms with E-state index in [0.717, 1.165) is 12.8 Å². The van der Waals surface area contributed by atoms with Crippen LogP contribution in [0.4, 0.5) is 0 Å². The molecule has 102 valence electrons. The van der Waals surface area contributed by atoms with Gasteiger partial charge < -0.3 is 4.74 Å². The molecule has 1 aromatic carbocycles. The number of rotatable bonds is 4. The summed E-state index contributed by atoms with van der Waals surface area (Å²) in [6.07, 6.45) is 1.96. The van der Waals surface area contributed by atoms with E-state index in [1.165, 1.54) is 0 Å². The molecule has 2 rings (SSSR count). The van der Waals surface area contributed by atoms with Crippen molar-refractivity contribution in [2.45, 2.75) is 31.4 Å². The summed E-state index contributed by atoms with van der Waals surface area (Å²) in [6, 6.07) is 8.58. The van der Waals surface area contributed by atoms with E-state index in [1.807, 2.05) is 6.07 Å². The summed E-state index contributed by atoms with van der Waals surface area (Å²) in [5, 5.41) is 14.0. The molecule has 1 aromatic rings. The van der Waals surface area contributed by atoms with E-state index in [9.17, 15) is 8.42 Å². The van der Waals surface area contributed by atoms with E-state index >= 15 is 0 Å². The van der Waals surface area contributed by atoms with Gasteiger partial charge in [0.2, 0.25) is 0 Å². The number of nitrogens with zero attached hydrogens (tertiary/aromatic N) is 1. The lowest BCUT2D eigenvalue weighted by Gasteiger charge is -2.21. The first-order valence-electron chi connectivity index (χ1n) is 5.95. The third kappa shape index (κ3) is 3.67. The maximum absolute atomic E-state index is 11.1. The first kappa shape index (κ1) is 13.8. The van der Waals surface area contributed by atoms with Crippen LogP contribution in [0.5, 0.6) is 5.75 Å². The van der Waals surface area contributed by atoms with Crippen molar-refractivity contribution in [3.8, 4) is 11.8 Å². The molecule has 0 aromatic heterocycles. The van der Waals surface area contributed by atoms with Crippen molar-refractivity contribution < 1.29 is 13.2 Å². The quantitative estimate of drug-likeness (QED) is 0.845. The molecular weight excluding hydrogens is 266 g/mol. The van der Waals surface area contributed by atoms with E-state index in [1.54, 1.807) is 24.3 Å². The minimum absolute atomic E-state index is 0.298. The summed E-state index contributed by atoms with van der Waals surface area (Å²) in [6.45, 7) is 0. The third-order valence-electron chi connectivity index (χ3n) is 3.05. The lowest BCUT2D eigenvalue weighted by atomic mass is 10.2. The van der Waals surface area contributed by atoms with Gasteiger partial charge in [-0.25, -0.2) is 5.14 Å². The zero-order chi connectivity index (χ0) is 13.9. The van der Waals surface area contributed by atoms with Crippen LogP contribution in [0.15, 0.2) is 24.3 Å². The van der Waals surface area contributed by atoms with Gasteiger partial charge in [-0.1, -0.05) is 12.1 Å². The number of hydrogen-bond acceptors (Lipinski definition) is 4. The Morgan fingerprint density at radius 1 is 1.37 bits per heavy atom. The molecule has 0 bridgehead atoms. The molecule has 6 nitrogen and oxygen atoms in total. The van der Waals surface area contributed by atoms with Gasteiger partial charge in [0, 0.05) is 0 Å². The second kappa shape index (κ2) is 5.57. The Bertz CT molecular complexity index is 594. The lowest BCUT2D eigenvalue weighted by molar-refractivity contribution is 0.184. The highest BCUT2D eigenvalue weighted by molar-refractivity contribution is 7.87. The SMILES string of the molecule is N#Cc1ccccc1OC1CCCC1NS(N)(=O)=O. The molecule has 0 saturated heterocycles. The number of para-hydroxylation sites is 1. The topological polar surface area (TPSA) is 105 Å². The van der Waals surface area contributed by atoms with Crippen LogP contribution in [0, 0.1) is 11.3 Å². The Hall–Kier alpha value is -1.62. The Labute approximate surface area is 112 Å². The van der Waals surface area contributed by atoms with E-state index < -0.39 is 10.2 Å². The Morgan fingerprint density at radius 2 is 2.11 bits per heavy atom. The smallest absolute Gasteiger partial charge is 0.274 e. The second-order valence-electron chi connectivity index (χ2n) is 4.46. The number of benzene rings is 1. The van der Waals surface area contributed by atoms with Gasteiger partial charge in [-0.3, -0.25) is 0 Å². The van der Waals surface area contributed by atoms with Crippen LogP contribution in [0.1, 0.15) is 24.8 Å². The number of nitriles is 1. The molecule has 1 saturated carbocycles. The monoisotopic (exact) mass is 281 g/mol. The van der Waals surface area contributed by atoms with Crippen LogP contribution in [-0.2, 0) is 10.2 Å². The fourth-order valence-corrected chi connectivity index (χ4v) is 2.93. The van der Waals surface area contributed by atoms with Crippen LogP contribution >= 0.6 is 0 Å². The molecule has 0 radical (unpaired) electrons. The average molecular weight is 281 g/mol. The van der Waals surface area contributed by atoms with E-state index in [2.05, 4.69) is 4.72 Å².